The van der Waals surface area contributed by atoms with E-state index in [0.717, 1.165) is 0 Å². The Balaban J connectivity index is 1.97. The maximum absolute atomic E-state index is 4.92. The third-order valence-corrected chi connectivity index (χ3v) is 0.204. The second-order valence-electron chi connectivity index (χ2n) is 0.558. The molecule has 0 bridgehead atoms. The molecule has 0 aromatic rings. The lowest BCUT2D eigenvalue weighted by Gasteiger charge is -1.72. The highest BCUT2D eigenvalue weighted by molar-refractivity contribution is 6.27. The van der Waals surface area contributed by atoms with E-state index >= 15 is 0 Å². The van der Waals surface area contributed by atoms with E-state index in [1.54, 1.807) is 7.05 Å². The second kappa shape index (κ2) is 2.98. The average molecular weight is 57.9 g/mol. The molecule has 0 aliphatic rings. The minimum absolute atomic E-state index is 0.569. The van der Waals surface area contributed by atoms with Crippen molar-refractivity contribution in [2.75, 3.05) is 7.05 Å². The molecule has 0 fully saturated rings. The lowest BCUT2D eigenvalue weighted by molar-refractivity contribution is 1.23. The molecular weight excluding hydrogens is 50.8 g/mol. The minimum Gasteiger partial charge on any atom is -0.359 e. The van der Waals surface area contributed by atoms with Gasteiger partial charge in [0.2, 0.25) is 0 Å². The highest BCUT2D eigenvalue weighted by Crippen LogP contribution is 1.08. The van der Waals surface area contributed by atoms with Crippen LogP contribution in [0.4, 0.5) is 0 Å². The molecule has 0 atom stereocenters. The Bertz CT molecular complexity index is 8.00. The molecule has 0 aliphatic heterocycles. The van der Waals surface area contributed by atoms with Gasteiger partial charge < -0.3 is 10.9 Å². The summed E-state index contributed by atoms with van der Waals surface area (Å²) in [4.78, 5) is 0. The number of rotatable bonds is 1. The number of nitrogens with two attached hydrogens (primary N) is 1. The quantitative estimate of drug-likeness (QED) is 0.357. The van der Waals surface area contributed by atoms with Gasteiger partial charge in [-0.05, 0) is 7.05 Å². The molecule has 0 rings (SSSR count). The van der Waals surface area contributed by atoms with E-state index in [1.807, 2.05) is 0 Å². The van der Waals surface area contributed by atoms with Crippen molar-refractivity contribution in [1.82, 2.24) is 5.23 Å². The van der Waals surface area contributed by atoms with Crippen molar-refractivity contribution in [3.8, 4) is 0 Å². The van der Waals surface area contributed by atoms with E-state index in [2.05, 4.69) is 5.23 Å². The van der Waals surface area contributed by atoms with Crippen molar-refractivity contribution in [3.63, 3.8) is 0 Å². The third kappa shape index (κ3) is 1.98. The van der Waals surface area contributed by atoms with Crippen LogP contribution in [0.5, 0.6) is 0 Å². The first-order valence-corrected chi connectivity index (χ1v) is 1.26. The fraction of sp³-hybridized carbons (Fsp3) is 1.00. The first-order chi connectivity index (χ1) is 1.91. The van der Waals surface area contributed by atoms with Crippen LogP contribution in [0.1, 0.15) is 0 Å². The predicted octanol–water partition coefficient (Wildman–Crippen LogP) is -1.57. The molecule has 24 valence electrons. The van der Waals surface area contributed by atoms with Crippen molar-refractivity contribution >= 4 is 7.55 Å². The van der Waals surface area contributed by atoms with Gasteiger partial charge in [0.1, 0.15) is 0 Å². The van der Waals surface area contributed by atoms with Crippen LogP contribution in [0.3, 0.4) is 0 Å². The molecular formula is CH7BN2. The Hall–Kier alpha value is -0.0151. The van der Waals surface area contributed by atoms with Gasteiger partial charge in [0, 0.05) is 0 Å². The molecule has 0 amide bonds. The summed E-state index contributed by atoms with van der Waals surface area (Å²) >= 11 is 0. The van der Waals surface area contributed by atoms with Crippen molar-refractivity contribution in [2.24, 2.45) is 5.64 Å². The summed E-state index contributed by atoms with van der Waals surface area (Å²) < 4.78 is 0. The molecule has 0 spiro atoms. The molecule has 0 aromatic carbocycles. The van der Waals surface area contributed by atoms with Gasteiger partial charge in [-0.2, -0.15) is 0 Å². The Kier molecular flexibility index (Phi) is 2.97. The molecule has 3 heteroatoms. The normalized spacial score (nSPS) is 6.50. The van der Waals surface area contributed by atoms with Crippen LogP contribution in [0, 0.1) is 0 Å². The standard InChI is InChI=1S/CH7BN2/c1-4-2-3/h2,4H,3H2,1H3. The smallest absolute Gasteiger partial charge is 0.283 e. The van der Waals surface area contributed by atoms with Gasteiger partial charge >= 0.3 is 0 Å². The lowest BCUT2D eigenvalue weighted by Crippen LogP contribution is -2.21. The minimum atomic E-state index is 0.569. The van der Waals surface area contributed by atoms with Crippen molar-refractivity contribution < 1.29 is 0 Å². The van der Waals surface area contributed by atoms with Crippen LogP contribution in [0.15, 0.2) is 0 Å². The summed E-state index contributed by atoms with van der Waals surface area (Å²) in [6, 6.07) is 0. The van der Waals surface area contributed by atoms with Gasteiger partial charge in [-0.3, -0.25) is 0 Å². The van der Waals surface area contributed by atoms with Crippen molar-refractivity contribution in [1.29, 1.82) is 0 Å². The lowest BCUT2D eigenvalue weighted by atomic mass is 10.2. The van der Waals surface area contributed by atoms with Gasteiger partial charge in [0.05, 0.1) is 0 Å². The SMILES string of the molecule is CNBN. The molecule has 0 aromatic heterocycles. The summed E-state index contributed by atoms with van der Waals surface area (Å²) in [6.45, 7) is 0. The highest BCUT2D eigenvalue weighted by atomic mass is 14.8. The maximum atomic E-state index is 4.92. The zero-order valence-electron chi connectivity index (χ0n) is 2.78. The molecule has 3 N–H and O–H groups in total. The second-order valence-corrected chi connectivity index (χ2v) is 0.558. The van der Waals surface area contributed by atoms with E-state index in [1.165, 1.54) is 0 Å². The Morgan fingerprint density at radius 1 is 2.00 bits per heavy atom. The van der Waals surface area contributed by atoms with Crippen LogP contribution in [-0.2, 0) is 0 Å². The molecule has 0 heterocycles. The molecule has 0 saturated heterocycles. The summed E-state index contributed by atoms with van der Waals surface area (Å²) in [5.41, 5.74) is 4.92. The van der Waals surface area contributed by atoms with Gasteiger partial charge in [0.25, 0.3) is 7.55 Å². The molecule has 0 saturated carbocycles. The van der Waals surface area contributed by atoms with Crippen molar-refractivity contribution in [2.45, 2.75) is 0 Å². The van der Waals surface area contributed by atoms with Crippen LogP contribution >= 0.6 is 0 Å². The summed E-state index contributed by atoms with van der Waals surface area (Å²) in [5.74, 6) is 0. The Morgan fingerprint density at radius 3 is 2.25 bits per heavy atom. The number of hydrogen-bond donors (Lipinski definition) is 2. The largest absolute Gasteiger partial charge is 0.359 e. The number of hydrogen-bond acceptors (Lipinski definition) is 2. The zero-order valence-corrected chi connectivity index (χ0v) is 2.78. The van der Waals surface area contributed by atoms with Gasteiger partial charge in [-0.15, -0.1) is 0 Å². The number of nitrogens with one attached hydrogen (secondary N) is 1. The van der Waals surface area contributed by atoms with Crippen molar-refractivity contribution in [3.05, 3.63) is 0 Å². The predicted molar refractivity (Wildman–Crippen MR) is 20.4 cm³/mol. The van der Waals surface area contributed by atoms with E-state index in [9.17, 15) is 0 Å². The van der Waals surface area contributed by atoms with Crippen LogP contribution < -0.4 is 10.9 Å². The molecule has 4 heavy (non-hydrogen) atoms. The van der Waals surface area contributed by atoms with E-state index < -0.39 is 0 Å². The Labute approximate surface area is 26.7 Å². The first-order valence-electron chi connectivity index (χ1n) is 1.26. The Morgan fingerprint density at radius 2 is 2.25 bits per heavy atom. The summed E-state index contributed by atoms with van der Waals surface area (Å²) in [6.07, 6.45) is 0. The fourth-order valence-corrected chi connectivity index (χ4v) is 0. The van der Waals surface area contributed by atoms with E-state index in [-0.39, 0.29) is 0 Å². The molecule has 0 radical (unpaired) electrons. The first kappa shape index (κ1) is 3.98. The zero-order chi connectivity index (χ0) is 3.41. The fourth-order valence-electron chi connectivity index (χ4n) is 0. The van der Waals surface area contributed by atoms with Crippen LogP contribution in [0.25, 0.3) is 0 Å². The monoisotopic (exact) mass is 58.1 g/mol. The summed E-state index contributed by atoms with van der Waals surface area (Å²) in [7, 11) is 2.38. The summed E-state index contributed by atoms with van der Waals surface area (Å²) in [5, 5.41) is 2.71. The van der Waals surface area contributed by atoms with Gasteiger partial charge in [-0.1, -0.05) is 0 Å². The maximum Gasteiger partial charge on any atom is 0.283 e. The highest BCUT2D eigenvalue weighted by Gasteiger charge is 1.57. The van der Waals surface area contributed by atoms with Gasteiger partial charge in [-0.25, -0.2) is 0 Å². The molecule has 0 aliphatic carbocycles. The topological polar surface area (TPSA) is 38.0 Å². The van der Waals surface area contributed by atoms with Gasteiger partial charge in [0.15, 0.2) is 0 Å². The van der Waals surface area contributed by atoms with Crippen LogP contribution in [-0.4, -0.2) is 14.6 Å². The average Bonchev–Trinajstić information content (AvgIpc) is 1.37. The molecule has 2 nitrogen and oxygen atoms in total. The third-order valence-electron chi connectivity index (χ3n) is 0.204. The van der Waals surface area contributed by atoms with E-state index in [4.69, 9.17) is 5.64 Å². The van der Waals surface area contributed by atoms with E-state index in [0.29, 0.717) is 7.55 Å². The van der Waals surface area contributed by atoms with Crippen LogP contribution in [0.2, 0.25) is 0 Å². The molecule has 0 unspecified atom stereocenters.